The minimum atomic E-state index is -4.41. The molecule has 1 fully saturated rings. The van der Waals surface area contributed by atoms with Crippen molar-refractivity contribution in [1.29, 1.82) is 0 Å². The molecule has 1 saturated heterocycles. The van der Waals surface area contributed by atoms with Gasteiger partial charge < -0.3 is 15.1 Å². The number of aliphatic hydroxyl groups is 2. The first kappa shape index (κ1) is 20.0. The number of piperidine rings is 1. The molecule has 2 N–H and O–H groups in total. The van der Waals surface area contributed by atoms with E-state index in [0.717, 1.165) is 23.5 Å². The molecule has 29 heavy (non-hydrogen) atoms. The minimum Gasteiger partial charge on any atom is -0.382 e. The number of halogens is 3. The Kier molecular flexibility index (Phi) is 4.77. The summed E-state index contributed by atoms with van der Waals surface area (Å²) < 4.78 is 38.1. The Morgan fingerprint density at radius 1 is 1.24 bits per heavy atom. The fraction of sp³-hybridized carbons (Fsp3) is 0.550. The molecule has 9 heteroatoms. The van der Waals surface area contributed by atoms with Gasteiger partial charge in [-0.25, -0.2) is 4.98 Å². The summed E-state index contributed by atoms with van der Waals surface area (Å²) in [7, 11) is 0. The molecule has 156 valence electrons. The van der Waals surface area contributed by atoms with Crippen molar-refractivity contribution in [2.75, 3.05) is 24.5 Å². The van der Waals surface area contributed by atoms with Crippen molar-refractivity contribution in [2.24, 2.45) is 10.9 Å². The van der Waals surface area contributed by atoms with Crippen molar-refractivity contribution in [3.8, 4) is 0 Å². The summed E-state index contributed by atoms with van der Waals surface area (Å²) in [5, 5.41) is 20.9. The van der Waals surface area contributed by atoms with Gasteiger partial charge in [0.15, 0.2) is 5.78 Å². The SMILES string of the molecule is CC1(O)C2=C(CN=C2C2CCN(c3ccc(C(F)(F)F)cn3)CC2)CC(=O)C1O. The van der Waals surface area contributed by atoms with Gasteiger partial charge in [-0.05, 0) is 37.5 Å². The molecule has 1 aromatic heterocycles. The third-order valence-corrected chi connectivity index (χ3v) is 6.06. The van der Waals surface area contributed by atoms with Crippen LogP contribution in [0.1, 0.15) is 31.7 Å². The van der Waals surface area contributed by atoms with E-state index in [9.17, 15) is 28.2 Å². The van der Waals surface area contributed by atoms with E-state index >= 15 is 0 Å². The van der Waals surface area contributed by atoms with E-state index in [0.29, 0.717) is 43.9 Å². The number of rotatable bonds is 2. The minimum absolute atomic E-state index is 0.0556. The fourth-order valence-electron chi connectivity index (χ4n) is 4.49. The maximum atomic E-state index is 12.7. The molecule has 0 spiro atoms. The molecule has 0 amide bonds. The number of anilines is 1. The van der Waals surface area contributed by atoms with Crippen molar-refractivity contribution in [2.45, 2.75) is 44.1 Å². The summed E-state index contributed by atoms with van der Waals surface area (Å²) in [5.74, 6) is 0.156. The number of aliphatic imine (C=N–C) groups is 1. The monoisotopic (exact) mass is 409 g/mol. The van der Waals surface area contributed by atoms with Crippen molar-refractivity contribution in [1.82, 2.24) is 4.98 Å². The van der Waals surface area contributed by atoms with E-state index in [4.69, 9.17) is 0 Å². The predicted octanol–water partition coefficient (Wildman–Crippen LogP) is 2.15. The number of hydrogen-bond acceptors (Lipinski definition) is 6. The molecule has 2 unspecified atom stereocenters. The molecule has 4 rings (SSSR count). The van der Waals surface area contributed by atoms with Gasteiger partial charge in [0.25, 0.3) is 0 Å². The second kappa shape index (κ2) is 6.91. The van der Waals surface area contributed by atoms with E-state index in [1.165, 1.54) is 13.0 Å². The summed E-state index contributed by atoms with van der Waals surface area (Å²) >= 11 is 0. The molecule has 3 aliphatic rings. The fourth-order valence-corrected chi connectivity index (χ4v) is 4.49. The quantitative estimate of drug-likeness (QED) is 0.782. The van der Waals surface area contributed by atoms with Gasteiger partial charge in [-0.1, -0.05) is 0 Å². The number of Topliss-reactive ketones (excluding diaryl/α,β-unsaturated/α-hetero) is 1. The molecule has 2 atom stereocenters. The van der Waals surface area contributed by atoms with E-state index in [2.05, 4.69) is 9.98 Å². The van der Waals surface area contributed by atoms with Crippen molar-refractivity contribution >= 4 is 17.3 Å². The molecule has 2 aliphatic heterocycles. The van der Waals surface area contributed by atoms with Crippen LogP contribution in [0.5, 0.6) is 0 Å². The number of carbonyl (C=O) groups excluding carboxylic acids is 1. The van der Waals surface area contributed by atoms with Crippen LogP contribution in [0.2, 0.25) is 0 Å². The Hall–Kier alpha value is -2.26. The summed E-state index contributed by atoms with van der Waals surface area (Å²) in [6, 6.07) is 2.41. The predicted molar refractivity (Wildman–Crippen MR) is 99.8 cm³/mol. The Morgan fingerprint density at radius 3 is 2.52 bits per heavy atom. The summed E-state index contributed by atoms with van der Waals surface area (Å²) in [4.78, 5) is 22.4. The lowest BCUT2D eigenvalue weighted by atomic mass is 9.73. The van der Waals surface area contributed by atoms with E-state index in [-0.39, 0.29) is 12.3 Å². The van der Waals surface area contributed by atoms with Crippen LogP contribution in [-0.4, -0.2) is 58.0 Å². The van der Waals surface area contributed by atoms with Crippen molar-refractivity contribution in [3.63, 3.8) is 0 Å². The zero-order valence-electron chi connectivity index (χ0n) is 15.9. The van der Waals surface area contributed by atoms with Gasteiger partial charge in [-0.3, -0.25) is 9.79 Å². The van der Waals surface area contributed by atoms with Gasteiger partial charge in [-0.15, -0.1) is 0 Å². The Morgan fingerprint density at radius 2 is 1.93 bits per heavy atom. The third-order valence-electron chi connectivity index (χ3n) is 6.06. The topological polar surface area (TPSA) is 86.0 Å². The van der Waals surface area contributed by atoms with Gasteiger partial charge >= 0.3 is 6.18 Å². The first-order chi connectivity index (χ1) is 13.6. The van der Waals surface area contributed by atoms with Crippen LogP contribution in [0.25, 0.3) is 0 Å². The number of ketones is 1. The largest absolute Gasteiger partial charge is 0.417 e. The van der Waals surface area contributed by atoms with Gasteiger partial charge in [0.1, 0.15) is 17.5 Å². The lowest BCUT2D eigenvalue weighted by Gasteiger charge is -2.38. The number of nitrogens with zero attached hydrogens (tertiary/aromatic N) is 3. The van der Waals surface area contributed by atoms with Crippen LogP contribution in [0.3, 0.4) is 0 Å². The highest BCUT2D eigenvalue weighted by Crippen LogP contribution is 2.40. The molecule has 0 aromatic carbocycles. The van der Waals surface area contributed by atoms with Crippen LogP contribution >= 0.6 is 0 Å². The van der Waals surface area contributed by atoms with Gasteiger partial charge in [0.05, 0.1) is 12.1 Å². The van der Waals surface area contributed by atoms with E-state index in [1.807, 2.05) is 4.90 Å². The lowest BCUT2D eigenvalue weighted by Crippen LogP contribution is -2.52. The Labute approximate surface area is 165 Å². The van der Waals surface area contributed by atoms with Crippen LogP contribution in [0.15, 0.2) is 34.5 Å². The molecule has 0 saturated carbocycles. The van der Waals surface area contributed by atoms with Gasteiger partial charge in [0.2, 0.25) is 0 Å². The molecule has 0 bridgehead atoms. The summed E-state index contributed by atoms with van der Waals surface area (Å²) in [6.45, 7) is 2.99. The smallest absolute Gasteiger partial charge is 0.382 e. The lowest BCUT2D eigenvalue weighted by molar-refractivity contribution is -0.138. The number of aromatic nitrogens is 1. The number of aliphatic hydroxyl groups excluding tert-OH is 1. The molecule has 6 nitrogen and oxygen atoms in total. The zero-order chi connectivity index (χ0) is 21.0. The van der Waals surface area contributed by atoms with Crippen LogP contribution in [0, 0.1) is 5.92 Å². The average molecular weight is 409 g/mol. The number of carbonyl (C=O) groups is 1. The molecule has 3 heterocycles. The van der Waals surface area contributed by atoms with Gasteiger partial charge in [-0.2, -0.15) is 13.2 Å². The maximum Gasteiger partial charge on any atom is 0.417 e. The van der Waals surface area contributed by atoms with Crippen LogP contribution < -0.4 is 4.90 Å². The number of hydrogen-bond donors (Lipinski definition) is 2. The van der Waals surface area contributed by atoms with Gasteiger partial charge in [0, 0.05) is 42.9 Å². The summed E-state index contributed by atoms with van der Waals surface area (Å²) in [5.41, 5.74) is -0.311. The first-order valence-electron chi connectivity index (χ1n) is 9.57. The Balaban J connectivity index is 1.46. The third kappa shape index (κ3) is 3.46. The first-order valence-corrected chi connectivity index (χ1v) is 9.57. The molecular weight excluding hydrogens is 387 g/mol. The number of pyridine rings is 1. The average Bonchev–Trinajstić information content (AvgIpc) is 3.11. The van der Waals surface area contributed by atoms with Crippen LogP contribution in [0.4, 0.5) is 19.0 Å². The highest BCUT2D eigenvalue weighted by molar-refractivity contribution is 6.09. The normalized spacial score (nSPS) is 28.6. The second-order valence-corrected chi connectivity index (χ2v) is 8.04. The molecule has 0 radical (unpaired) electrons. The van der Waals surface area contributed by atoms with Crippen molar-refractivity contribution in [3.05, 3.63) is 35.0 Å². The van der Waals surface area contributed by atoms with Crippen LogP contribution in [-0.2, 0) is 11.0 Å². The standard InChI is InChI=1S/C20H22F3N3O3/c1-19(29)16-12(8-14(27)18(19)28)9-25-17(16)11-4-6-26(7-5-11)15-3-2-13(10-24-15)20(21,22)23/h2-3,10-11,18,28-29H,4-9H2,1H3. The Bertz CT molecular complexity index is 882. The molecule has 1 aliphatic carbocycles. The number of alkyl halides is 3. The summed E-state index contributed by atoms with van der Waals surface area (Å²) in [6.07, 6.45) is -3.53. The van der Waals surface area contributed by atoms with Crippen molar-refractivity contribution < 1.29 is 28.2 Å². The van der Waals surface area contributed by atoms with E-state index in [1.54, 1.807) is 0 Å². The highest BCUT2D eigenvalue weighted by Gasteiger charge is 2.49. The second-order valence-electron chi connectivity index (χ2n) is 8.04. The van der Waals surface area contributed by atoms with E-state index < -0.39 is 29.2 Å². The molecule has 1 aromatic rings. The maximum absolute atomic E-state index is 12.7. The highest BCUT2D eigenvalue weighted by atomic mass is 19.4. The molecular formula is C20H22F3N3O3. The zero-order valence-corrected chi connectivity index (χ0v) is 15.9.